The average Bonchev–Trinajstić information content (AvgIpc) is 2.28. The molecule has 0 saturated heterocycles. The molecule has 1 rings (SSSR count). The van der Waals surface area contributed by atoms with Crippen molar-refractivity contribution in [3.8, 4) is 0 Å². The molecule has 0 amide bonds. The number of halogens is 5. The molecule has 2 unspecified atom stereocenters. The lowest BCUT2D eigenvalue weighted by atomic mass is 10.0. The molecule has 0 bridgehead atoms. The number of ether oxygens (including phenoxy) is 1. The first-order chi connectivity index (χ1) is 8.74. The summed E-state index contributed by atoms with van der Waals surface area (Å²) in [5.74, 6) is -4.85. The summed E-state index contributed by atoms with van der Waals surface area (Å²) in [6, 6.07) is 4.26. The van der Waals surface area contributed by atoms with E-state index in [0.717, 1.165) is 12.1 Å². The highest BCUT2D eigenvalue weighted by atomic mass is 19.3. The van der Waals surface area contributed by atoms with E-state index >= 15 is 0 Å². The van der Waals surface area contributed by atoms with Crippen molar-refractivity contribution in [2.75, 3.05) is 6.61 Å². The Bertz CT molecular complexity index is 411. The van der Waals surface area contributed by atoms with Gasteiger partial charge < -0.3 is 10.5 Å². The molecule has 1 aromatic rings. The van der Waals surface area contributed by atoms with Gasteiger partial charge in [-0.1, -0.05) is 12.1 Å². The maximum absolute atomic E-state index is 13.0. The van der Waals surface area contributed by atoms with Crippen molar-refractivity contribution in [2.45, 2.75) is 31.4 Å². The molecule has 2 nitrogen and oxygen atoms in total. The summed E-state index contributed by atoms with van der Waals surface area (Å²) in [5.41, 5.74) is 5.77. The van der Waals surface area contributed by atoms with Crippen molar-refractivity contribution in [3.05, 3.63) is 35.6 Å². The predicted molar refractivity (Wildman–Crippen MR) is 59.7 cm³/mol. The Hall–Kier alpha value is -1.21. The minimum Gasteiger partial charge on any atom is -0.365 e. The molecule has 108 valence electrons. The van der Waals surface area contributed by atoms with Gasteiger partial charge in [0.2, 0.25) is 0 Å². The molecule has 2 N–H and O–H groups in total. The van der Waals surface area contributed by atoms with Gasteiger partial charge in [-0.05, 0) is 24.6 Å². The van der Waals surface area contributed by atoms with Gasteiger partial charge in [0.1, 0.15) is 12.4 Å². The van der Waals surface area contributed by atoms with Gasteiger partial charge in [-0.15, -0.1) is 0 Å². The molecule has 0 aliphatic heterocycles. The van der Waals surface area contributed by atoms with E-state index in [0.29, 0.717) is 0 Å². The Balaban J connectivity index is 2.80. The van der Waals surface area contributed by atoms with Gasteiger partial charge >= 0.3 is 12.3 Å². The number of hydrogen-bond donors (Lipinski definition) is 1. The molecule has 2 atom stereocenters. The quantitative estimate of drug-likeness (QED) is 0.814. The molecule has 0 spiro atoms. The number of nitrogens with two attached hydrogens (primary N) is 1. The minimum absolute atomic E-state index is 0.222. The molecule has 0 radical (unpaired) electrons. The zero-order valence-corrected chi connectivity index (χ0v) is 10.1. The zero-order valence-electron chi connectivity index (χ0n) is 10.1. The summed E-state index contributed by atoms with van der Waals surface area (Å²) < 4.78 is 67.3. The lowest BCUT2D eigenvalue weighted by Crippen LogP contribution is -2.36. The van der Waals surface area contributed by atoms with Crippen LogP contribution in [-0.4, -0.2) is 25.0 Å². The van der Waals surface area contributed by atoms with Crippen LogP contribution in [-0.2, 0) is 4.74 Å². The van der Waals surface area contributed by atoms with Gasteiger partial charge in [0.25, 0.3) is 0 Å². The summed E-state index contributed by atoms with van der Waals surface area (Å²) in [6.45, 7) is -0.0243. The Labute approximate surface area is 107 Å². The van der Waals surface area contributed by atoms with Crippen LogP contribution < -0.4 is 5.73 Å². The van der Waals surface area contributed by atoms with Crippen LogP contribution in [0.2, 0.25) is 0 Å². The van der Waals surface area contributed by atoms with Crippen LogP contribution in [0.3, 0.4) is 0 Å². The molecule has 0 aliphatic carbocycles. The van der Waals surface area contributed by atoms with E-state index in [1.807, 2.05) is 0 Å². The topological polar surface area (TPSA) is 35.2 Å². The van der Waals surface area contributed by atoms with Gasteiger partial charge in [0, 0.05) is 6.04 Å². The van der Waals surface area contributed by atoms with Crippen LogP contribution in [0.1, 0.15) is 18.6 Å². The van der Waals surface area contributed by atoms with Crippen molar-refractivity contribution < 1.29 is 26.7 Å². The number of alkyl halides is 4. The minimum atomic E-state index is -4.26. The third-order valence-corrected chi connectivity index (χ3v) is 2.43. The molecule has 1 aromatic carbocycles. The molecule has 0 saturated carbocycles. The highest BCUT2D eigenvalue weighted by Crippen LogP contribution is 2.28. The first kappa shape index (κ1) is 15.8. The second kappa shape index (κ2) is 6.29. The summed E-state index contributed by atoms with van der Waals surface area (Å²) in [6.07, 6.45) is -4.91. The van der Waals surface area contributed by atoms with E-state index in [1.54, 1.807) is 0 Å². The van der Waals surface area contributed by atoms with Gasteiger partial charge in [-0.3, -0.25) is 0 Å². The number of rotatable bonds is 6. The van der Waals surface area contributed by atoms with Crippen molar-refractivity contribution >= 4 is 0 Å². The van der Waals surface area contributed by atoms with Crippen molar-refractivity contribution in [1.82, 2.24) is 0 Å². The SMILES string of the molecule is CC(N)C(OCC(F)(F)C(F)F)c1cccc(F)c1. The Kier molecular flexibility index (Phi) is 5.25. The number of benzene rings is 1. The predicted octanol–water partition coefficient (Wildman–Crippen LogP) is 3.13. The lowest BCUT2D eigenvalue weighted by molar-refractivity contribution is -0.178. The van der Waals surface area contributed by atoms with Crippen molar-refractivity contribution in [3.63, 3.8) is 0 Å². The van der Waals surface area contributed by atoms with Gasteiger partial charge in [-0.2, -0.15) is 8.78 Å². The Morgan fingerprint density at radius 3 is 2.42 bits per heavy atom. The number of hydrogen-bond acceptors (Lipinski definition) is 2. The van der Waals surface area contributed by atoms with E-state index in [4.69, 9.17) is 10.5 Å². The molecule has 0 aliphatic rings. The fourth-order valence-corrected chi connectivity index (χ4v) is 1.50. The third kappa shape index (κ3) is 4.43. The van der Waals surface area contributed by atoms with Crippen LogP contribution in [0.4, 0.5) is 22.0 Å². The monoisotopic (exact) mass is 283 g/mol. The van der Waals surface area contributed by atoms with E-state index in [9.17, 15) is 22.0 Å². The molecular formula is C12H14F5NO. The Morgan fingerprint density at radius 1 is 1.32 bits per heavy atom. The van der Waals surface area contributed by atoms with Crippen LogP contribution in [0.15, 0.2) is 24.3 Å². The summed E-state index contributed by atoms with van der Waals surface area (Å²) in [5, 5.41) is 0. The van der Waals surface area contributed by atoms with Gasteiger partial charge in [0.15, 0.2) is 0 Å². The van der Waals surface area contributed by atoms with E-state index < -0.39 is 36.9 Å². The van der Waals surface area contributed by atoms with Crippen LogP contribution in [0, 0.1) is 5.82 Å². The third-order valence-electron chi connectivity index (χ3n) is 2.43. The van der Waals surface area contributed by atoms with Crippen molar-refractivity contribution in [2.24, 2.45) is 5.73 Å². The smallest absolute Gasteiger partial charge is 0.330 e. The summed E-state index contributed by atoms with van der Waals surface area (Å²) in [4.78, 5) is 0. The molecule has 0 fully saturated rings. The fraction of sp³-hybridized carbons (Fsp3) is 0.500. The molecular weight excluding hydrogens is 269 g/mol. The summed E-state index contributed by atoms with van der Waals surface area (Å²) in [7, 11) is 0. The maximum Gasteiger partial charge on any atom is 0.330 e. The molecule has 19 heavy (non-hydrogen) atoms. The largest absolute Gasteiger partial charge is 0.365 e. The highest BCUT2D eigenvalue weighted by molar-refractivity contribution is 5.20. The van der Waals surface area contributed by atoms with E-state index in [-0.39, 0.29) is 5.56 Å². The average molecular weight is 283 g/mol. The molecule has 7 heteroatoms. The van der Waals surface area contributed by atoms with Crippen LogP contribution in [0.25, 0.3) is 0 Å². The highest BCUT2D eigenvalue weighted by Gasteiger charge is 2.42. The van der Waals surface area contributed by atoms with Crippen LogP contribution in [0.5, 0.6) is 0 Å². The first-order valence-electron chi connectivity index (χ1n) is 5.52. The van der Waals surface area contributed by atoms with E-state index in [2.05, 4.69) is 0 Å². The second-order valence-corrected chi connectivity index (χ2v) is 4.21. The maximum atomic E-state index is 13.0. The van der Waals surface area contributed by atoms with Gasteiger partial charge in [-0.25, -0.2) is 13.2 Å². The standard InChI is InChI=1S/C12H14F5NO/c1-7(18)10(8-3-2-4-9(13)5-8)19-6-12(16,17)11(14)15/h2-5,7,10-11H,6,18H2,1H3. The molecule has 0 heterocycles. The van der Waals surface area contributed by atoms with Crippen LogP contribution >= 0.6 is 0 Å². The summed E-state index contributed by atoms with van der Waals surface area (Å²) >= 11 is 0. The fourth-order valence-electron chi connectivity index (χ4n) is 1.50. The Morgan fingerprint density at radius 2 is 1.95 bits per heavy atom. The molecule has 0 aromatic heterocycles. The normalized spacial score (nSPS) is 15.6. The van der Waals surface area contributed by atoms with Crippen molar-refractivity contribution in [1.29, 1.82) is 0 Å². The zero-order chi connectivity index (χ0) is 14.6. The first-order valence-corrected chi connectivity index (χ1v) is 5.52. The lowest BCUT2D eigenvalue weighted by Gasteiger charge is -2.24. The second-order valence-electron chi connectivity index (χ2n) is 4.21. The van der Waals surface area contributed by atoms with Gasteiger partial charge in [0.05, 0.1) is 6.10 Å². The van der Waals surface area contributed by atoms with E-state index in [1.165, 1.54) is 19.1 Å².